The Morgan fingerprint density at radius 3 is 3.06 bits per heavy atom. The molecular formula is C12H13N6. The van der Waals surface area contributed by atoms with Gasteiger partial charge in [0.1, 0.15) is 6.67 Å². The largest absolute Gasteiger partial charge is 0.336 e. The summed E-state index contributed by atoms with van der Waals surface area (Å²) >= 11 is 0. The van der Waals surface area contributed by atoms with E-state index in [1.807, 2.05) is 45.0 Å². The molecule has 6 heteroatoms. The van der Waals surface area contributed by atoms with Crippen LogP contribution in [0, 0.1) is 6.07 Å². The number of nitrogens with zero attached hydrogens (tertiary/aromatic N) is 6. The van der Waals surface area contributed by atoms with Gasteiger partial charge in [-0.1, -0.05) is 17.4 Å². The van der Waals surface area contributed by atoms with Gasteiger partial charge in [-0.15, -0.1) is 0 Å². The molecule has 0 aliphatic carbocycles. The first kappa shape index (κ1) is 10.8. The van der Waals surface area contributed by atoms with Crippen molar-refractivity contribution in [3.63, 3.8) is 0 Å². The van der Waals surface area contributed by atoms with Gasteiger partial charge in [0.05, 0.1) is 18.6 Å². The van der Waals surface area contributed by atoms with Crippen molar-refractivity contribution in [2.45, 2.75) is 6.54 Å². The second-order valence-corrected chi connectivity index (χ2v) is 4.01. The van der Waals surface area contributed by atoms with Gasteiger partial charge in [0.2, 0.25) is 0 Å². The van der Waals surface area contributed by atoms with E-state index in [-0.39, 0.29) is 0 Å². The van der Waals surface area contributed by atoms with E-state index in [9.17, 15) is 0 Å². The Kier molecular flexibility index (Phi) is 2.91. The summed E-state index contributed by atoms with van der Waals surface area (Å²) in [5, 5.41) is 12.0. The van der Waals surface area contributed by atoms with E-state index < -0.39 is 0 Å². The molecule has 0 fully saturated rings. The van der Waals surface area contributed by atoms with E-state index in [1.165, 1.54) is 0 Å². The predicted molar refractivity (Wildman–Crippen MR) is 66.4 cm³/mol. The van der Waals surface area contributed by atoms with Crippen LogP contribution in [0.3, 0.4) is 0 Å². The van der Waals surface area contributed by atoms with Gasteiger partial charge in [0.15, 0.2) is 0 Å². The lowest BCUT2D eigenvalue weighted by Gasteiger charge is -2.16. The second-order valence-electron chi connectivity index (χ2n) is 4.01. The molecule has 0 amide bonds. The minimum Gasteiger partial charge on any atom is -0.336 e. The summed E-state index contributed by atoms with van der Waals surface area (Å²) in [5.41, 5.74) is 1.01. The lowest BCUT2D eigenvalue weighted by atomic mass is 10.3. The summed E-state index contributed by atoms with van der Waals surface area (Å²) in [7, 11) is 0. The topological polar surface area (TPSA) is 49.0 Å². The Labute approximate surface area is 105 Å². The highest BCUT2D eigenvalue weighted by atomic mass is 15.8. The number of hydrogen-bond donors (Lipinski definition) is 0. The van der Waals surface area contributed by atoms with Crippen LogP contribution >= 0.6 is 0 Å². The van der Waals surface area contributed by atoms with E-state index in [0.717, 1.165) is 18.8 Å². The molecule has 2 aromatic rings. The van der Waals surface area contributed by atoms with Crippen molar-refractivity contribution < 1.29 is 0 Å². The number of rotatable bonds is 4. The highest BCUT2D eigenvalue weighted by molar-refractivity contribution is 5.44. The zero-order valence-electron chi connectivity index (χ0n) is 9.85. The van der Waals surface area contributed by atoms with Crippen molar-refractivity contribution in [2.24, 2.45) is 10.4 Å². The van der Waals surface area contributed by atoms with Crippen molar-refractivity contribution >= 4 is 5.69 Å². The first-order chi connectivity index (χ1) is 8.92. The molecule has 1 aromatic heterocycles. The predicted octanol–water partition coefficient (Wildman–Crippen LogP) is 1.75. The highest BCUT2D eigenvalue weighted by Gasteiger charge is 2.16. The highest BCUT2D eigenvalue weighted by Crippen LogP contribution is 2.18. The maximum absolute atomic E-state index is 4.13. The maximum atomic E-state index is 4.13. The fourth-order valence-corrected chi connectivity index (χ4v) is 1.76. The Bertz CT molecular complexity index is 507. The first-order valence-corrected chi connectivity index (χ1v) is 5.78. The molecule has 0 saturated carbocycles. The minimum absolute atomic E-state index is 0.673. The van der Waals surface area contributed by atoms with Crippen LogP contribution in [-0.2, 0) is 6.54 Å². The van der Waals surface area contributed by atoms with Crippen molar-refractivity contribution in [3.05, 3.63) is 49.1 Å². The van der Waals surface area contributed by atoms with Gasteiger partial charge in [-0.25, -0.2) is 9.99 Å². The van der Waals surface area contributed by atoms with Gasteiger partial charge in [-0.2, -0.15) is 0 Å². The SMILES string of the molecule is [c]1cccc(N2CN(CCn3ccnc3)N=N2)c1. The van der Waals surface area contributed by atoms with Crippen LogP contribution in [0.15, 0.2) is 53.4 Å². The van der Waals surface area contributed by atoms with Crippen LogP contribution in [0.5, 0.6) is 0 Å². The molecule has 1 radical (unpaired) electrons. The summed E-state index contributed by atoms with van der Waals surface area (Å²) in [5.74, 6) is 0. The van der Waals surface area contributed by atoms with Crippen LogP contribution in [0.25, 0.3) is 0 Å². The summed E-state index contributed by atoms with van der Waals surface area (Å²) in [6.07, 6.45) is 5.52. The molecule has 6 nitrogen and oxygen atoms in total. The van der Waals surface area contributed by atoms with Crippen molar-refractivity contribution in [2.75, 3.05) is 18.2 Å². The molecule has 0 spiro atoms. The summed E-state index contributed by atoms with van der Waals surface area (Å²) in [4.78, 5) is 4.01. The minimum atomic E-state index is 0.673. The number of hydrogen-bond acceptors (Lipinski definition) is 5. The molecule has 1 aliphatic rings. The third-order valence-corrected chi connectivity index (χ3v) is 2.74. The zero-order valence-corrected chi connectivity index (χ0v) is 9.85. The Balaban J connectivity index is 1.55. The van der Waals surface area contributed by atoms with Crippen molar-refractivity contribution in [3.8, 4) is 0 Å². The third-order valence-electron chi connectivity index (χ3n) is 2.74. The van der Waals surface area contributed by atoms with E-state index in [1.54, 1.807) is 12.5 Å². The normalized spacial score (nSPS) is 14.4. The fraction of sp³-hybridized carbons (Fsp3) is 0.250. The maximum Gasteiger partial charge on any atom is 0.132 e. The molecule has 1 aliphatic heterocycles. The molecule has 0 saturated heterocycles. The van der Waals surface area contributed by atoms with Gasteiger partial charge in [-0.3, -0.25) is 5.01 Å². The standard InChI is InChI=1S/C12H13N6/c1-2-4-12(5-3-1)18-11-17(14-15-18)9-8-16-7-6-13-10-16/h1-2,4-7,10H,8-9,11H2. The van der Waals surface area contributed by atoms with E-state index >= 15 is 0 Å². The van der Waals surface area contributed by atoms with Crippen LogP contribution in [0.4, 0.5) is 5.69 Å². The summed E-state index contributed by atoms with van der Waals surface area (Å²) in [6.45, 7) is 2.34. The number of benzene rings is 1. The van der Waals surface area contributed by atoms with E-state index in [0.29, 0.717) is 6.67 Å². The Morgan fingerprint density at radius 2 is 2.28 bits per heavy atom. The van der Waals surface area contributed by atoms with Crippen LogP contribution < -0.4 is 5.01 Å². The Hall–Kier alpha value is -2.37. The second kappa shape index (κ2) is 4.87. The molecule has 91 valence electrons. The average molecular weight is 241 g/mol. The summed E-state index contributed by atoms with van der Waals surface area (Å²) in [6, 6.07) is 10.7. The van der Waals surface area contributed by atoms with Gasteiger partial charge < -0.3 is 4.57 Å². The third kappa shape index (κ3) is 2.32. The molecule has 18 heavy (non-hydrogen) atoms. The van der Waals surface area contributed by atoms with Crippen molar-refractivity contribution in [1.82, 2.24) is 14.6 Å². The number of imidazole rings is 1. The number of aromatic nitrogens is 2. The molecule has 2 heterocycles. The molecular weight excluding hydrogens is 228 g/mol. The van der Waals surface area contributed by atoms with Gasteiger partial charge in [0, 0.05) is 18.9 Å². The summed E-state index contributed by atoms with van der Waals surface area (Å²) < 4.78 is 2.02. The quantitative estimate of drug-likeness (QED) is 0.819. The van der Waals surface area contributed by atoms with Crippen LogP contribution in [0.1, 0.15) is 0 Å². The monoisotopic (exact) mass is 241 g/mol. The molecule has 0 N–H and O–H groups in total. The Morgan fingerprint density at radius 1 is 1.28 bits per heavy atom. The molecule has 1 aromatic carbocycles. The van der Waals surface area contributed by atoms with Crippen LogP contribution in [-0.4, -0.2) is 27.8 Å². The smallest absolute Gasteiger partial charge is 0.132 e. The first-order valence-electron chi connectivity index (χ1n) is 5.78. The molecule has 0 unspecified atom stereocenters. The van der Waals surface area contributed by atoms with Crippen LogP contribution in [0.2, 0.25) is 0 Å². The molecule has 3 rings (SSSR count). The van der Waals surface area contributed by atoms with Gasteiger partial charge >= 0.3 is 0 Å². The van der Waals surface area contributed by atoms with Crippen molar-refractivity contribution in [1.29, 1.82) is 0 Å². The lowest BCUT2D eigenvalue weighted by Crippen LogP contribution is -2.27. The van der Waals surface area contributed by atoms with E-state index in [2.05, 4.69) is 21.5 Å². The van der Waals surface area contributed by atoms with Gasteiger partial charge in [0.25, 0.3) is 0 Å². The lowest BCUT2D eigenvalue weighted by molar-refractivity contribution is 0.301. The number of anilines is 1. The molecule has 0 bridgehead atoms. The zero-order chi connectivity index (χ0) is 12.2. The van der Waals surface area contributed by atoms with Gasteiger partial charge in [-0.05, 0) is 23.4 Å². The average Bonchev–Trinajstić information content (AvgIpc) is 3.09. The fourth-order valence-electron chi connectivity index (χ4n) is 1.76. The molecule has 0 atom stereocenters. The van der Waals surface area contributed by atoms with E-state index in [4.69, 9.17) is 0 Å².